The van der Waals surface area contributed by atoms with Crippen LogP contribution in [0.15, 0.2) is 34.9 Å². The van der Waals surface area contributed by atoms with Crippen LogP contribution in [-0.2, 0) is 4.79 Å². The maximum atomic E-state index is 11.9. The molecule has 1 atom stereocenters. The van der Waals surface area contributed by atoms with Crippen LogP contribution in [0.1, 0.15) is 23.7 Å². The van der Waals surface area contributed by atoms with E-state index in [4.69, 9.17) is 13.9 Å². The third-order valence-electron chi connectivity index (χ3n) is 3.48. The second kappa shape index (κ2) is 4.92. The molecule has 0 spiro atoms. The summed E-state index contributed by atoms with van der Waals surface area (Å²) in [5, 5.41) is 2.86. The van der Waals surface area contributed by atoms with Crippen LogP contribution in [0, 0.1) is 0 Å². The van der Waals surface area contributed by atoms with Crippen molar-refractivity contribution in [2.24, 2.45) is 0 Å². The molecule has 0 saturated carbocycles. The summed E-state index contributed by atoms with van der Waals surface area (Å²) in [7, 11) is 3.16. The maximum Gasteiger partial charge on any atom is 0.225 e. The summed E-state index contributed by atoms with van der Waals surface area (Å²) in [4.78, 5) is 11.9. The summed E-state index contributed by atoms with van der Waals surface area (Å²) < 4.78 is 16.0. The van der Waals surface area contributed by atoms with Gasteiger partial charge in [0.2, 0.25) is 5.91 Å². The highest BCUT2D eigenvalue weighted by Gasteiger charge is 2.30. The largest absolute Gasteiger partial charge is 0.493 e. The van der Waals surface area contributed by atoms with E-state index in [9.17, 15) is 4.79 Å². The number of carbonyl (C=O) groups is 1. The number of amides is 1. The Kier molecular flexibility index (Phi) is 3.10. The van der Waals surface area contributed by atoms with Crippen molar-refractivity contribution in [1.82, 2.24) is 0 Å². The zero-order chi connectivity index (χ0) is 14.1. The summed E-state index contributed by atoms with van der Waals surface area (Å²) in [5.41, 5.74) is 1.71. The number of methoxy groups -OCH3 is 2. The van der Waals surface area contributed by atoms with Crippen LogP contribution in [-0.4, -0.2) is 20.1 Å². The van der Waals surface area contributed by atoms with Crippen molar-refractivity contribution in [3.8, 4) is 11.5 Å². The van der Waals surface area contributed by atoms with Crippen molar-refractivity contribution in [2.45, 2.75) is 12.3 Å². The van der Waals surface area contributed by atoms with Crippen LogP contribution in [0.25, 0.3) is 0 Å². The lowest BCUT2D eigenvalue weighted by molar-refractivity contribution is -0.116. The number of furan rings is 1. The highest BCUT2D eigenvalue weighted by Crippen LogP contribution is 2.42. The van der Waals surface area contributed by atoms with Gasteiger partial charge in [-0.1, -0.05) is 0 Å². The fourth-order valence-corrected chi connectivity index (χ4v) is 2.53. The van der Waals surface area contributed by atoms with Crippen LogP contribution >= 0.6 is 0 Å². The fourth-order valence-electron chi connectivity index (χ4n) is 2.53. The topological polar surface area (TPSA) is 60.7 Å². The molecule has 0 bridgehead atoms. The average molecular weight is 273 g/mol. The van der Waals surface area contributed by atoms with Crippen LogP contribution < -0.4 is 14.8 Å². The first-order valence-corrected chi connectivity index (χ1v) is 6.32. The van der Waals surface area contributed by atoms with Gasteiger partial charge in [-0.05, 0) is 23.8 Å². The van der Waals surface area contributed by atoms with E-state index in [0.29, 0.717) is 17.9 Å². The number of anilines is 1. The molecule has 1 aliphatic heterocycles. The van der Waals surface area contributed by atoms with Crippen molar-refractivity contribution in [3.63, 3.8) is 0 Å². The Morgan fingerprint density at radius 1 is 1.25 bits per heavy atom. The number of nitrogens with one attached hydrogen (secondary N) is 1. The van der Waals surface area contributed by atoms with E-state index in [-0.39, 0.29) is 11.8 Å². The molecule has 0 saturated heterocycles. The summed E-state index contributed by atoms with van der Waals surface area (Å²) >= 11 is 0. The summed E-state index contributed by atoms with van der Waals surface area (Å²) in [6.07, 6.45) is 1.97. The third kappa shape index (κ3) is 2.01. The Balaban J connectivity index is 2.13. The van der Waals surface area contributed by atoms with E-state index in [1.807, 2.05) is 18.2 Å². The first-order valence-electron chi connectivity index (χ1n) is 6.32. The van der Waals surface area contributed by atoms with E-state index >= 15 is 0 Å². The molecule has 0 unspecified atom stereocenters. The summed E-state index contributed by atoms with van der Waals surface area (Å²) in [6.45, 7) is 0. The van der Waals surface area contributed by atoms with Gasteiger partial charge in [-0.15, -0.1) is 0 Å². The second-order valence-corrected chi connectivity index (χ2v) is 4.61. The Morgan fingerprint density at radius 2 is 2.00 bits per heavy atom. The number of ether oxygens (including phenoxy) is 2. The molecule has 5 heteroatoms. The molecule has 2 aromatic rings. The first-order chi connectivity index (χ1) is 9.72. The smallest absolute Gasteiger partial charge is 0.225 e. The summed E-state index contributed by atoms with van der Waals surface area (Å²) in [6, 6.07) is 7.37. The van der Waals surface area contributed by atoms with Gasteiger partial charge in [-0.25, -0.2) is 0 Å². The lowest BCUT2D eigenvalue weighted by atomic mass is 9.88. The molecule has 0 aliphatic carbocycles. The Labute approximate surface area is 116 Å². The van der Waals surface area contributed by atoms with Gasteiger partial charge in [0, 0.05) is 18.2 Å². The van der Waals surface area contributed by atoms with E-state index in [1.54, 1.807) is 26.5 Å². The molecule has 0 fully saturated rings. The van der Waals surface area contributed by atoms with Crippen LogP contribution in [0.2, 0.25) is 0 Å². The molecule has 2 heterocycles. The van der Waals surface area contributed by atoms with Gasteiger partial charge in [0.15, 0.2) is 11.5 Å². The van der Waals surface area contributed by atoms with Crippen molar-refractivity contribution in [1.29, 1.82) is 0 Å². The minimum Gasteiger partial charge on any atom is -0.493 e. The quantitative estimate of drug-likeness (QED) is 0.934. The molecule has 3 rings (SSSR count). The number of carbonyl (C=O) groups excluding carboxylic acids is 1. The van der Waals surface area contributed by atoms with E-state index in [2.05, 4.69) is 5.32 Å². The number of hydrogen-bond acceptors (Lipinski definition) is 4. The van der Waals surface area contributed by atoms with Crippen LogP contribution in [0.5, 0.6) is 11.5 Å². The lowest BCUT2D eigenvalue weighted by Crippen LogP contribution is -2.23. The Bertz CT molecular complexity index is 634. The van der Waals surface area contributed by atoms with Crippen LogP contribution in [0.3, 0.4) is 0 Å². The van der Waals surface area contributed by atoms with Gasteiger partial charge in [0.05, 0.1) is 26.4 Å². The standard InChI is InChI=1S/C15H15NO4/c1-18-13-6-9-10(12-4-3-5-20-12)7-15(17)16-11(9)8-14(13)19-2/h3-6,8,10H,7H2,1-2H3,(H,16,17)/t10-/m0/s1. The van der Waals surface area contributed by atoms with Crippen molar-refractivity contribution >= 4 is 11.6 Å². The van der Waals surface area contributed by atoms with E-state index < -0.39 is 0 Å². The predicted molar refractivity (Wildman–Crippen MR) is 73.3 cm³/mol. The first kappa shape index (κ1) is 12.6. The molecule has 5 nitrogen and oxygen atoms in total. The van der Waals surface area contributed by atoms with Gasteiger partial charge < -0.3 is 19.2 Å². The Morgan fingerprint density at radius 3 is 2.65 bits per heavy atom. The molecule has 104 valence electrons. The molecule has 1 aromatic carbocycles. The second-order valence-electron chi connectivity index (χ2n) is 4.61. The van der Waals surface area contributed by atoms with Crippen molar-refractivity contribution in [3.05, 3.63) is 41.9 Å². The highest BCUT2D eigenvalue weighted by molar-refractivity contribution is 5.95. The van der Waals surface area contributed by atoms with Gasteiger partial charge in [-0.3, -0.25) is 4.79 Å². The number of rotatable bonds is 3. The number of hydrogen-bond donors (Lipinski definition) is 1. The van der Waals surface area contributed by atoms with Crippen molar-refractivity contribution < 1.29 is 18.7 Å². The van der Waals surface area contributed by atoms with E-state index in [1.165, 1.54) is 0 Å². The monoisotopic (exact) mass is 273 g/mol. The lowest BCUT2D eigenvalue weighted by Gasteiger charge is -2.25. The Hall–Kier alpha value is -2.43. The van der Waals surface area contributed by atoms with Gasteiger partial charge in [-0.2, -0.15) is 0 Å². The minimum absolute atomic E-state index is 0.0360. The molecule has 20 heavy (non-hydrogen) atoms. The molecule has 1 aromatic heterocycles. The molecular weight excluding hydrogens is 258 g/mol. The van der Waals surface area contributed by atoms with Gasteiger partial charge in [0.25, 0.3) is 0 Å². The summed E-state index contributed by atoms with van der Waals surface area (Å²) in [5.74, 6) is 1.86. The predicted octanol–water partition coefficient (Wildman–Crippen LogP) is 2.77. The average Bonchev–Trinajstić information content (AvgIpc) is 2.98. The molecular formula is C15H15NO4. The highest BCUT2D eigenvalue weighted by atomic mass is 16.5. The molecule has 0 radical (unpaired) electrons. The number of fused-ring (bicyclic) bond motifs is 1. The van der Waals surface area contributed by atoms with E-state index in [0.717, 1.165) is 17.0 Å². The SMILES string of the molecule is COc1cc2c(cc1OC)[C@@H](c1ccco1)CC(=O)N2. The van der Waals surface area contributed by atoms with Gasteiger partial charge in [0.1, 0.15) is 5.76 Å². The zero-order valence-electron chi connectivity index (χ0n) is 11.3. The zero-order valence-corrected chi connectivity index (χ0v) is 11.3. The fraction of sp³-hybridized carbons (Fsp3) is 0.267. The molecule has 1 amide bonds. The minimum atomic E-state index is -0.103. The van der Waals surface area contributed by atoms with Gasteiger partial charge >= 0.3 is 0 Å². The number of benzene rings is 1. The normalized spacial score (nSPS) is 17.3. The van der Waals surface area contributed by atoms with Crippen molar-refractivity contribution in [2.75, 3.05) is 19.5 Å². The third-order valence-corrected chi connectivity index (χ3v) is 3.48. The molecule has 1 aliphatic rings. The molecule has 1 N–H and O–H groups in total. The maximum absolute atomic E-state index is 11.9. The van der Waals surface area contributed by atoms with Crippen LogP contribution in [0.4, 0.5) is 5.69 Å².